The summed E-state index contributed by atoms with van der Waals surface area (Å²) >= 11 is 0. The van der Waals surface area contributed by atoms with Gasteiger partial charge in [-0.25, -0.2) is 0 Å². The van der Waals surface area contributed by atoms with Crippen LogP contribution >= 0.6 is 0 Å². The van der Waals surface area contributed by atoms with Crippen molar-refractivity contribution < 1.29 is 14.3 Å². The summed E-state index contributed by atoms with van der Waals surface area (Å²) in [5.74, 6) is 1.85. The molecule has 44 heavy (non-hydrogen) atoms. The number of carbonyl (C=O) groups excluding carboxylic acids is 1. The van der Waals surface area contributed by atoms with Crippen LogP contribution in [0, 0.1) is 17.3 Å². The number of piperidine rings is 1. The molecule has 0 N–H and O–H groups in total. The zero-order valence-corrected chi connectivity index (χ0v) is 26.6. The molecule has 5 atom stereocenters. The molecule has 2 bridgehead atoms. The maximum Gasteiger partial charge on any atom is 0.232 e. The van der Waals surface area contributed by atoms with Crippen molar-refractivity contribution in [1.29, 1.82) is 0 Å². The number of rotatable bonds is 8. The highest BCUT2D eigenvalue weighted by Gasteiger charge is 2.70. The molecule has 6 nitrogen and oxygen atoms in total. The lowest BCUT2D eigenvalue weighted by Crippen LogP contribution is -2.59. The van der Waals surface area contributed by atoms with Crippen molar-refractivity contribution >= 4 is 11.6 Å². The number of carbonyl (C=O) groups is 1. The van der Waals surface area contributed by atoms with E-state index in [1.54, 1.807) is 7.11 Å². The summed E-state index contributed by atoms with van der Waals surface area (Å²) in [7, 11) is 1.71. The Morgan fingerprint density at radius 1 is 1.02 bits per heavy atom. The molecular formula is C38H49N3O3. The topological polar surface area (TPSA) is 54.4 Å². The van der Waals surface area contributed by atoms with Gasteiger partial charge in [0.1, 0.15) is 5.75 Å². The third-order valence-electron chi connectivity index (χ3n) is 11.8. The van der Waals surface area contributed by atoms with Gasteiger partial charge in [0.25, 0.3) is 0 Å². The van der Waals surface area contributed by atoms with Crippen molar-refractivity contribution in [2.24, 2.45) is 22.2 Å². The first-order valence-electron chi connectivity index (χ1n) is 17.1. The summed E-state index contributed by atoms with van der Waals surface area (Å²) in [6.07, 6.45) is 12.1. The molecule has 6 heteroatoms. The molecular weight excluding hydrogens is 546 g/mol. The van der Waals surface area contributed by atoms with Crippen molar-refractivity contribution in [2.75, 3.05) is 20.2 Å². The second kappa shape index (κ2) is 12.1. The molecule has 2 aromatic rings. The lowest BCUT2D eigenvalue weighted by Gasteiger charge is -2.46. The minimum absolute atomic E-state index is 0.117. The van der Waals surface area contributed by atoms with E-state index >= 15 is 4.79 Å². The number of allylic oxidation sites excluding steroid dienone is 1. The van der Waals surface area contributed by atoms with Crippen molar-refractivity contribution in [2.45, 2.75) is 102 Å². The molecule has 7 rings (SSSR count). The number of hydrogen-bond donors (Lipinski definition) is 0. The number of fused-ring (bicyclic) bond motifs is 1. The van der Waals surface area contributed by atoms with E-state index in [-0.39, 0.29) is 30.0 Å². The van der Waals surface area contributed by atoms with Crippen LogP contribution in [0.3, 0.4) is 0 Å². The van der Waals surface area contributed by atoms with Gasteiger partial charge in [0.05, 0.1) is 18.2 Å². The second-order valence-corrected chi connectivity index (χ2v) is 14.1. The molecule has 0 radical (unpaired) electrons. The van der Waals surface area contributed by atoms with Crippen molar-refractivity contribution in [3.63, 3.8) is 0 Å². The maximum absolute atomic E-state index is 15.1. The van der Waals surface area contributed by atoms with Crippen molar-refractivity contribution in [3.8, 4) is 5.75 Å². The highest BCUT2D eigenvalue weighted by molar-refractivity contribution is 6.03. The Balaban J connectivity index is 1.24. The van der Waals surface area contributed by atoms with Gasteiger partial charge in [0, 0.05) is 38.0 Å². The number of hydrogen-bond acceptors (Lipinski definition) is 5. The minimum atomic E-state index is -0.746. The quantitative estimate of drug-likeness (QED) is 0.300. The first kappa shape index (κ1) is 29.7. The molecule has 3 aliphatic heterocycles. The van der Waals surface area contributed by atoms with E-state index in [1.807, 2.05) is 6.08 Å². The lowest BCUT2D eigenvalue weighted by atomic mass is 9.65. The number of nitrogens with zero attached hydrogens (tertiary/aromatic N) is 3. The zero-order valence-electron chi connectivity index (χ0n) is 26.6. The number of ether oxygens (including phenoxy) is 2. The van der Waals surface area contributed by atoms with Crippen LogP contribution in [0.5, 0.6) is 5.75 Å². The predicted octanol–water partition coefficient (Wildman–Crippen LogP) is 7.35. The van der Waals surface area contributed by atoms with Gasteiger partial charge in [0.2, 0.25) is 5.91 Å². The number of aliphatic imine (C=N–C) groups is 1. The van der Waals surface area contributed by atoms with Gasteiger partial charge >= 0.3 is 0 Å². The molecule has 234 valence electrons. The van der Waals surface area contributed by atoms with E-state index in [9.17, 15) is 0 Å². The zero-order chi connectivity index (χ0) is 30.3. The van der Waals surface area contributed by atoms with Crippen LogP contribution in [0.2, 0.25) is 0 Å². The number of methoxy groups -OCH3 is 1. The molecule has 2 aliphatic carbocycles. The Morgan fingerprint density at radius 2 is 1.75 bits per heavy atom. The molecule has 5 aliphatic rings. The van der Waals surface area contributed by atoms with Gasteiger partial charge in [-0.1, -0.05) is 74.7 Å². The average molecular weight is 596 g/mol. The van der Waals surface area contributed by atoms with Gasteiger partial charge in [-0.15, -0.1) is 6.58 Å². The molecule has 2 saturated carbocycles. The highest BCUT2D eigenvalue weighted by Crippen LogP contribution is 2.61. The standard InChI is InChI=1S/C38H49N3O3/c1-4-21-37-26-38(41(36(37)42)31-19-22-40(23-20-31)25-28-11-7-5-8-12-28)34(39-35(44-38)30-13-9-6-10-14-30)24-33(27(37)2)29-15-17-32(43-3)18-16-29/h4-5,7-8,11-12,15-18,27,30-31,33,35H,1,6,9-10,13-14,19-26H2,2-3H3/t27-,33+,35-,37+,38+/m1/s1. The molecule has 1 amide bonds. The lowest BCUT2D eigenvalue weighted by molar-refractivity contribution is -0.164. The predicted molar refractivity (Wildman–Crippen MR) is 175 cm³/mol. The molecule has 0 aromatic heterocycles. The molecule has 3 heterocycles. The van der Waals surface area contributed by atoms with Crippen LogP contribution in [0.25, 0.3) is 0 Å². The van der Waals surface area contributed by atoms with Crippen molar-refractivity contribution in [3.05, 3.63) is 78.4 Å². The normalized spacial score (nSPS) is 33.1. The molecule has 1 spiro atoms. The van der Waals surface area contributed by atoms with E-state index in [0.717, 1.165) is 50.4 Å². The van der Waals surface area contributed by atoms with Gasteiger partial charge in [-0.3, -0.25) is 14.7 Å². The molecule has 2 aromatic carbocycles. The monoisotopic (exact) mass is 595 g/mol. The largest absolute Gasteiger partial charge is 0.497 e. The summed E-state index contributed by atoms with van der Waals surface area (Å²) < 4.78 is 12.8. The van der Waals surface area contributed by atoms with Gasteiger partial charge in [-0.2, -0.15) is 0 Å². The number of amides is 1. The Bertz CT molecular complexity index is 1360. The van der Waals surface area contributed by atoms with E-state index in [0.29, 0.717) is 18.8 Å². The van der Waals surface area contributed by atoms with Gasteiger partial charge < -0.3 is 14.4 Å². The molecule has 4 fully saturated rings. The summed E-state index contributed by atoms with van der Waals surface area (Å²) in [5.41, 5.74) is 2.41. The Labute approximate surface area is 263 Å². The van der Waals surface area contributed by atoms with Gasteiger partial charge in [0.15, 0.2) is 12.0 Å². The van der Waals surface area contributed by atoms with E-state index < -0.39 is 11.1 Å². The van der Waals surface area contributed by atoms with Crippen LogP contribution in [0.15, 0.2) is 72.2 Å². The fraction of sp³-hybridized carbons (Fsp3) is 0.579. The van der Waals surface area contributed by atoms with Crippen LogP contribution in [-0.2, 0) is 16.1 Å². The first-order valence-corrected chi connectivity index (χ1v) is 17.1. The van der Waals surface area contributed by atoms with E-state index in [4.69, 9.17) is 14.5 Å². The van der Waals surface area contributed by atoms with Crippen LogP contribution in [0.4, 0.5) is 0 Å². The average Bonchev–Trinajstić information content (AvgIpc) is 3.51. The fourth-order valence-corrected chi connectivity index (χ4v) is 9.34. The third kappa shape index (κ3) is 5.02. The fourth-order valence-electron chi connectivity index (χ4n) is 9.34. The number of benzene rings is 2. The summed E-state index contributed by atoms with van der Waals surface area (Å²) in [6, 6.07) is 19.4. The summed E-state index contributed by atoms with van der Waals surface area (Å²) in [6.45, 7) is 9.41. The van der Waals surface area contributed by atoms with Gasteiger partial charge in [-0.05, 0) is 73.6 Å². The number of likely N-dealkylation sites (tertiary alicyclic amines) is 2. The second-order valence-electron chi connectivity index (χ2n) is 14.1. The van der Waals surface area contributed by atoms with Crippen molar-refractivity contribution in [1.82, 2.24) is 9.80 Å². The van der Waals surface area contributed by atoms with Crippen LogP contribution in [0.1, 0.15) is 88.2 Å². The maximum atomic E-state index is 15.1. The van der Waals surface area contributed by atoms with E-state index in [1.165, 1.54) is 43.2 Å². The minimum Gasteiger partial charge on any atom is -0.497 e. The Kier molecular flexibility index (Phi) is 8.17. The van der Waals surface area contributed by atoms with Crippen LogP contribution in [-0.4, -0.2) is 59.6 Å². The Morgan fingerprint density at radius 3 is 2.43 bits per heavy atom. The summed E-state index contributed by atoms with van der Waals surface area (Å²) in [4.78, 5) is 25.4. The smallest absolute Gasteiger partial charge is 0.232 e. The summed E-state index contributed by atoms with van der Waals surface area (Å²) in [5, 5.41) is 0. The SMILES string of the molecule is C=CC[C@]12C[C@@]3(O[C@H](C4CCCCC4)N=C3C[C@H](c3ccc(OC)cc3)[C@H]1C)N(C1CCN(Cc3ccccc3)CC1)C2=O. The first-order chi connectivity index (χ1) is 21.5. The highest BCUT2D eigenvalue weighted by atomic mass is 16.6. The van der Waals surface area contributed by atoms with Crippen LogP contribution < -0.4 is 4.74 Å². The molecule has 0 unspecified atom stereocenters. The third-order valence-corrected chi connectivity index (χ3v) is 11.8. The Hall–Kier alpha value is -2.96. The van der Waals surface area contributed by atoms with E-state index in [2.05, 4.69) is 77.9 Å². The molecule has 2 saturated heterocycles.